The van der Waals surface area contributed by atoms with Crippen LogP contribution < -0.4 is 0 Å². The van der Waals surface area contributed by atoms with E-state index in [4.69, 9.17) is 11.6 Å². The van der Waals surface area contributed by atoms with Gasteiger partial charge in [0.2, 0.25) is 0 Å². The number of hydrogen-bond donors (Lipinski definition) is 1. The molecule has 2 aliphatic rings. The molecule has 0 aromatic heterocycles. The minimum Gasteiger partial charge on any atom is -0.396 e. The molecule has 25 heavy (non-hydrogen) atoms. The van der Waals surface area contributed by atoms with Crippen molar-refractivity contribution in [2.24, 2.45) is 0 Å². The van der Waals surface area contributed by atoms with Crippen LogP contribution in [0.2, 0.25) is 0 Å². The topological polar surface area (TPSA) is 26.7 Å². The zero-order chi connectivity index (χ0) is 17.5. The Morgan fingerprint density at radius 3 is 2.60 bits per heavy atom. The minimum atomic E-state index is 0.273. The lowest BCUT2D eigenvalue weighted by molar-refractivity contribution is 0.0203. The summed E-state index contributed by atoms with van der Waals surface area (Å²) in [6.07, 6.45) is 9.71. The van der Waals surface area contributed by atoms with Gasteiger partial charge in [-0.3, -0.25) is 9.80 Å². The Balaban J connectivity index is 1.58. The van der Waals surface area contributed by atoms with Gasteiger partial charge in [-0.15, -0.1) is 0 Å². The van der Waals surface area contributed by atoms with Gasteiger partial charge in [0.05, 0.1) is 0 Å². The number of piperazine rings is 1. The minimum absolute atomic E-state index is 0.273. The van der Waals surface area contributed by atoms with Gasteiger partial charge < -0.3 is 5.11 Å². The fourth-order valence-electron chi connectivity index (χ4n) is 4.37. The highest BCUT2D eigenvalue weighted by Gasteiger charge is 2.32. The molecular formula is C21H31ClN2O. The lowest BCUT2D eigenvalue weighted by Gasteiger charge is -2.46. The maximum atomic E-state index is 9.52. The predicted octanol–water partition coefficient (Wildman–Crippen LogP) is 3.97. The van der Waals surface area contributed by atoms with Crippen molar-refractivity contribution in [3.63, 3.8) is 0 Å². The molecule has 1 N–H and O–H groups in total. The number of aliphatic hydroxyl groups excluding tert-OH is 1. The first-order chi connectivity index (χ1) is 12.3. The Labute approximate surface area is 157 Å². The van der Waals surface area contributed by atoms with Gasteiger partial charge in [-0.2, -0.15) is 0 Å². The van der Waals surface area contributed by atoms with Gasteiger partial charge in [-0.25, -0.2) is 0 Å². The fraction of sp³-hybridized carbons (Fsp3) is 0.619. The van der Waals surface area contributed by atoms with Crippen LogP contribution in [0.4, 0.5) is 0 Å². The van der Waals surface area contributed by atoms with E-state index >= 15 is 0 Å². The largest absolute Gasteiger partial charge is 0.396 e. The predicted molar refractivity (Wildman–Crippen MR) is 106 cm³/mol. The Morgan fingerprint density at radius 2 is 1.88 bits per heavy atom. The molecule has 2 fully saturated rings. The van der Waals surface area contributed by atoms with E-state index in [-0.39, 0.29) is 6.61 Å². The van der Waals surface area contributed by atoms with Gasteiger partial charge in [0, 0.05) is 49.9 Å². The van der Waals surface area contributed by atoms with Gasteiger partial charge in [-0.1, -0.05) is 61.2 Å². The highest BCUT2D eigenvalue weighted by molar-refractivity contribution is 6.31. The third-order valence-electron chi connectivity index (χ3n) is 5.62. The van der Waals surface area contributed by atoms with Crippen LogP contribution in [-0.4, -0.2) is 59.8 Å². The molecule has 0 spiro atoms. The fourth-order valence-corrected chi connectivity index (χ4v) is 4.66. The molecule has 1 atom stereocenters. The molecule has 1 aliphatic heterocycles. The van der Waals surface area contributed by atoms with Crippen molar-refractivity contribution >= 4 is 17.7 Å². The highest BCUT2D eigenvalue weighted by Crippen LogP contribution is 2.27. The van der Waals surface area contributed by atoms with Crippen molar-refractivity contribution in [3.8, 4) is 0 Å². The lowest BCUT2D eigenvalue weighted by Crippen LogP contribution is -2.57. The Morgan fingerprint density at radius 1 is 1.12 bits per heavy atom. The maximum Gasteiger partial charge on any atom is 0.0446 e. The molecule has 1 saturated carbocycles. The molecule has 1 aromatic carbocycles. The lowest BCUT2D eigenvalue weighted by atomic mass is 9.92. The molecule has 3 nitrogen and oxygen atoms in total. The molecule has 0 bridgehead atoms. The van der Waals surface area contributed by atoms with Crippen molar-refractivity contribution in [3.05, 3.63) is 40.9 Å². The summed E-state index contributed by atoms with van der Waals surface area (Å²) in [4.78, 5) is 5.13. The third-order valence-corrected chi connectivity index (χ3v) is 5.84. The SMILES string of the molecule is OCC[C@@H]1CN(C/C(Cl)=C/c2ccccc2)CCN1C1CCCCC1. The van der Waals surface area contributed by atoms with Gasteiger partial charge in [0.25, 0.3) is 0 Å². The van der Waals surface area contributed by atoms with Crippen LogP contribution in [0.1, 0.15) is 44.1 Å². The normalized spacial score (nSPS) is 24.6. The summed E-state index contributed by atoms with van der Waals surface area (Å²) in [6, 6.07) is 11.4. The molecular weight excluding hydrogens is 332 g/mol. The van der Waals surface area contributed by atoms with Crippen LogP contribution in [0.5, 0.6) is 0 Å². The average Bonchev–Trinajstić information content (AvgIpc) is 2.64. The molecule has 0 unspecified atom stereocenters. The molecule has 1 aromatic rings. The van der Waals surface area contributed by atoms with Crippen molar-refractivity contribution in [1.29, 1.82) is 0 Å². The van der Waals surface area contributed by atoms with Crippen LogP contribution in [0, 0.1) is 0 Å². The Bertz CT molecular complexity index is 542. The molecule has 0 radical (unpaired) electrons. The maximum absolute atomic E-state index is 9.52. The van der Waals surface area contributed by atoms with Crippen LogP contribution in [0.15, 0.2) is 35.4 Å². The summed E-state index contributed by atoms with van der Waals surface area (Å²) < 4.78 is 0. The van der Waals surface area contributed by atoms with Gasteiger partial charge in [0.15, 0.2) is 0 Å². The summed E-state index contributed by atoms with van der Waals surface area (Å²) in [5, 5.41) is 10.4. The molecule has 138 valence electrons. The van der Waals surface area contributed by atoms with E-state index in [9.17, 15) is 5.11 Å². The zero-order valence-electron chi connectivity index (χ0n) is 15.1. The van der Waals surface area contributed by atoms with Crippen LogP contribution >= 0.6 is 11.6 Å². The van der Waals surface area contributed by atoms with Gasteiger partial charge >= 0.3 is 0 Å². The second kappa shape index (κ2) is 9.72. The summed E-state index contributed by atoms with van der Waals surface area (Å²) in [5.41, 5.74) is 1.15. The monoisotopic (exact) mass is 362 g/mol. The zero-order valence-corrected chi connectivity index (χ0v) is 15.9. The number of halogens is 1. The Hall–Kier alpha value is -0.870. The number of benzene rings is 1. The van der Waals surface area contributed by atoms with E-state index in [1.807, 2.05) is 18.2 Å². The molecule has 0 amide bonds. The first-order valence-electron chi connectivity index (χ1n) is 9.76. The van der Waals surface area contributed by atoms with E-state index in [1.54, 1.807) is 0 Å². The van der Waals surface area contributed by atoms with Crippen LogP contribution in [0.25, 0.3) is 6.08 Å². The Kier molecular flexibility index (Phi) is 7.35. The average molecular weight is 363 g/mol. The number of rotatable bonds is 6. The number of aliphatic hydroxyl groups is 1. The second-order valence-electron chi connectivity index (χ2n) is 7.43. The van der Waals surface area contributed by atoms with Crippen molar-refractivity contribution in [1.82, 2.24) is 9.80 Å². The van der Waals surface area contributed by atoms with Gasteiger partial charge in [-0.05, 0) is 30.9 Å². The molecule has 4 heteroatoms. The molecule has 1 saturated heterocycles. The van der Waals surface area contributed by atoms with E-state index in [0.29, 0.717) is 6.04 Å². The third kappa shape index (κ3) is 5.55. The van der Waals surface area contributed by atoms with Crippen LogP contribution in [0.3, 0.4) is 0 Å². The number of hydrogen-bond acceptors (Lipinski definition) is 3. The summed E-state index contributed by atoms with van der Waals surface area (Å²) in [6.45, 7) is 4.25. The first kappa shape index (κ1) is 18.9. The summed E-state index contributed by atoms with van der Waals surface area (Å²) in [5.74, 6) is 0. The molecule has 3 rings (SSSR count). The van der Waals surface area contributed by atoms with E-state index in [2.05, 4.69) is 28.0 Å². The smallest absolute Gasteiger partial charge is 0.0446 e. The van der Waals surface area contributed by atoms with Crippen LogP contribution in [-0.2, 0) is 0 Å². The van der Waals surface area contributed by atoms with Crippen molar-refractivity contribution in [2.75, 3.05) is 32.8 Å². The van der Waals surface area contributed by atoms with E-state index < -0.39 is 0 Å². The summed E-state index contributed by atoms with van der Waals surface area (Å²) in [7, 11) is 0. The van der Waals surface area contributed by atoms with Crippen molar-refractivity contribution < 1.29 is 5.11 Å². The standard InChI is InChI=1S/C21H31ClN2O/c22-19(15-18-7-3-1-4-8-18)16-23-12-13-24(21(17-23)11-14-25)20-9-5-2-6-10-20/h1,3-4,7-8,15,20-21,25H,2,5-6,9-14,16-17H2/b19-15-/t21-/m1/s1. The molecule has 1 aliphatic carbocycles. The van der Waals surface area contributed by atoms with Crippen molar-refractivity contribution in [2.45, 2.75) is 50.6 Å². The first-order valence-corrected chi connectivity index (χ1v) is 10.1. The summed E-state index contributed by atoms with van der Waals surface area (Å²) >= 11 is 6.51. The highest BCUT2D eigenvalue weighted by atomic mass is 35.5. The molecule has 1 heterocycles. The second-order valence-corrected chi connectivity index (χ2v) is 7.92. The van der Waals surface area contributed by atoms with E-state index in [1.165, 1.54) is 32.1 Å². The van der Waals surface area contributed by atoms with Gasteiger partial charge in [0.1, 0.15) is 0 Å². The quantitative estimate of drug-likeness (QED) is 0.829. The van der Waals surface area contributed by atoms with E-state index in [0.717, 1.165) is 49.2 Å². The number of nitrogens with zero attached hydrogens (tertiary/aromatic N) is 2.